The van der Waals surface area contributed by atoms with Crippen LogP contribution in [0.15, 0.2) is 0 Å². The third-order valence-electron chi connectivity index (χ3n) is 1.86. The smallest absolute Gasteiger partial charge is 0.146 e. The summed E-state index contributed by atoms with van der Waals surface area (Å²) < 4.78 is 0.815. The molecule has 1 aliphatic rings. The molecule has 0 N–H and O–H groups in total. The molecule has 0 bridgehead atoms. The predicted molar refractivity (Wildman–Crippen MR) is 56.5 cm³/mol. The summed E-state index contributed by atoms with van der Waals surface area (Å²) in [6.07, 6.45) is 2.78. The van der Waals surface area contributed by atoms with E-state index in [1.165, 1.54) is 11.8 Å². The second kappa shape index (κ2) is 4.23. The third-order valence-corrected chi connectivity index (χ3v) is 3.86. The minimum atomic E-state index is 0.139. The largest absolute Gasteiger partial charge is 0.364 e. The first-order valence-electron chi connectivity index (χ1n) is 4.02. The molecule has 12 heavy (non-hydrogen) atoms. The Morgan fingerprint density at radius 3 is 2.75 bits per heavy atom. The number of nitrogens with zero attached hydrogens (tertiary/aromatic N) is 1. The number of hydrogen-bond acceptors (Lipinski definition) is 3. The van der Waals surface area contributed by atoms with Gasteiger partial charge in [-0.1, -0.05) is 24.0 Å². The van der Waals surface area contributed by atoms with Crippen molar-refractivity contribution >= 4 is 34.1 Å². The first-order chi connectivity index (χ1) is 5.61. The number of carbonyl (C=O) groups is 1. The molecule has 0 aromatic heterocycles. The van der Waals surface area contributed by atoms with Crippen molar-refractivity contribution in [3.63, 3.8) is 0 Å². The van der Waals surface area contributed by atoms with Gasteiger partial charge in [0.2, 0.25) is 0 Å². The zero-order valence-electron chi connectivity index (χ0n) is 7.37. The van der Waals surface area contributed by atoms with Crippen molar-refractivity contribution in [1.29, 1.82) is 0 Å². The second-order valence-corrected chi connectivity index (χ2v) is 4.96. The molecule has 1 atom stereocenters. The molecule has 1 rings (SSSR count). The summed E-state index contributed by atoms with van der Waals surface area (Å²) in [6, 6.07) is 0. The van der Waals surface area contributed by atoms with Crippen molar-refractivity contribution in [2.75, 3.05) is 14.1 Å². The van der Waals surface area contributed by atoms with Gasteiger partial charge in [-0.3, -0.25) is 4.79 Å². The zero-order chi connectivity index (χ0) is 9.14. The number of ketones is 1. The van der Waals surface area contributed by atoms with Crippen LogP contribution in [0.3, 0.4) is 0 Å². The van der Waals surface area contributed by atoms with Crippen LogP contribution < -0.4 is 0 Å². The van der Waals surface area contributed by atoms with Crippen LogP contribution in [0.1, 0.15) is 19.3 Å². The van der Waals surface area contributed by atoms with E-state index in [9.17, 15) is 4.79 Å². The summed E-state index contributed by atoms with van der Waals surface area (Å²) in [5.41, 5.74) is 0. The number of thiocarbonyl (C=S) groups is 1. The van der Waals surface area contributed by atoms with Gasteiger partial charge >= 0.3 is 0 Å². The van der Waals surface area contributed by atoms with E-state index < -0.39 is 0 Å². The van der Waals surface area contributed by atoms with E-state index in [4.69, 9.17) is 12.2 Å². The Balaban J connectivity index is 2.40. The molecule has 68 valence electrons. The lowest BCUT2D eigenvalue weighted by Gasteiger charge is -2.15. The van der Waals surface area contributed by atoms with Gasteiger partial charge in [-0.15, -0.1) is 0 Å². The highest BCUT2D eigenvalue weighted by Gasteiger charge is 2.26. The minimum absolute atomic E-state index is 0.139. The Hall–Kier alpha value is -0.0900. The maximum atomic E-state index is 11.2. The second-order valence-electron chi connectivity index (χ2n) is 3.13. The van der Waals surface area contributed by atoms with Crippen LogP contribution in [-0.2, 0) is 4.79 Å². The predicted octanol–water partition coefficient (Wildman–Crippen LogP) is 1.69. The van der Waals surface area contributed by atoms with Crippen LogP contribution >= 0.6 is 24.0 Å². The average molecular weight is 203 g/mol. The molecule has 4 heteroatoms. The number of carbonyl (C=O) groups excluding carboxylic acids is 1. The number of thioether (sulfide) groups is 1. The van der Waals surface area contributed by atoms with E-state index in [1.807, 2.05) is 19.0 Å². The summed E-state index contributed by atoms with van der Waals surface area (Å²) >= 11 is 6.64. The van der Waals surface area contributed by atoms with Gasteiger partial charge in [-0.05, 0) is 12.8 Å². The summed E-state index contributed by atoms with van der Waals surface area (Å²) in [5.74, 6) is 0.365. The van der Waals surface area contributed by atoms with Crippen LogP contribution in [0.2, 0.25) is 0 Å². The van der Waals surface area contributed by atoms with Crippen molar-refractivity contribution in [2.24, 2.45) is 0 Å². The molecule has 0 aliphatic heterocycles. The van der Waals surface area contributed by atoms with E-state index in [0.29, 0.717) is 5.78 Å². The Morgan fingerprint density at radius 2 is 2.33 bits per heavy atom. The lowest BCUT2D eigenvalue weighted by molar-refractivity contribution is -0.116. The number of hydrogen-bond donors (Lipinski definition) is 0. The molecule has 0 aromatic rings. The van der Waals surface area contributed by atoms with E-state index in [-0.39, 0.29) is 5.25 Å². The molecule has 0 aromatic carbocycles. The molecule has 0 saturated heterocycles. The van der Waals surface area contributed by atoms with Crippen molar-refractivity contribution in [3.8, 4) is 0 Å². The van der Waals surface area contributed by atoms with Crippen LogP contribution in [0.25, 0.3) is 0 Å². The van der Waals surface area contributed by atoms with Crippen LogP contribution in [-0.4, -0.2) is 34.3 Å². The molecular weight excluding hydrogens is 190 g/mol. The summed E-state index contributed by atoms with van der Waals surface area (Å²) in [6.45, 7) is 0. The Bertz CT molecular complexity index is 203. The molecule has 1 saturated carbocycles. The number of Topliss-reactive ketones (excluding diaryl/α,β-unsaturated/α-hetero) is 1. The van der Waals surface area contributed by atoms with Crippen LogP contribution in [0.4, 0.5) is 0 Å². The molecule has 2 nitrogen and oxygen atoms in total. The zero-order valence-corrected chi connectivity index (χ0v) is 9.00. The highest BCUT2D eigenvalue weighted by molar-refractivity contribution is 8.23. The molecular formula is C8H13NOS2. The normalized spacial score (nSPS) is 22.8. The van der Waals surface area contributed by atoms with Gasteiger partial charge < -0.3 is 4.90 Å². The van der Waals surface area contributed by atoms with Gasteiger partial charge in [0, 0.05) is 20.5 Å². The van der Waals surface area contributed by atoms with E-state index in [2.05, 4.69) is 0 Å². The van der Waals surface area contributed by atoms with Gasteiger partial charge in [0.05, 0.1) is 5.25 Å². The lowest BCUT2D eigenvalue weighted by atomic mass is 10.3. The Morgan fingerprint density at radius 1 is 1.67 bits per heavy atom. The summed E-state index contributed by atoms with van der Waals surface area (Å²) in [4.78, 5) is 13.1. The van der Waals surface area contributed by atoms with E-state index in [0.717, 1.165) is 23.6 Å². The quantitative estimate of drug-likeness (QED) is 0.604. The maximum absolute atomic E-state index is 11.2. The fourth-order valence-corrected chi connectivity index (χ4v) is 2.47. The first kappa shape index (κ1) is 9.99. The highest BCUT2D eigenvalue weighted by Crippen LogP contribution is 2.27. The van der Waals surface area contributed by atoms with Crippen LogP contribution in [0.5, 0.6) is 0 Å². The van der Waals surface area contributed by atoms with Crippen molar-refractivity contribution in [3.05, 3.63) is 0 Å². The third kappa shape index (κ3) is 2.45. The van der Waals surface area contributed by atoms with Crippen LogP contribution in [0, 0.1) is 0 Å². The van der Waals surface area contributed by atoms with Crippen molar-refractivity contribution in [1.82, 2.24) is 4.90 Å². The maximum Gasteiger partial charge on any atom is 0.146 e. The van der Waals surface area contributed by atoms with Gasteiger partial charge in [-0.2, -0.15) is 0 Å². The molecule has 0 radical (unpaired) electrons. The Kier molecular flexibility index (Phi) is 3.53. The van der Waals surface area contributed by atoms with E-state index in [1.54, 1.807) is 0 Å². The minimum Gasteiger partial charge on any atom is -0.364 e. The number of rotatable bonds is 1. The molecule has 0 unspecified atom stereocenters. The standard InChI is InChI=1S/C8H13NOS2/c1-9(2)8(11)12-7-5-3-4-6(7)10/h7H,3-5H2,1-2H3/t7-/m0/s1. The SMILES string of the molecule is CN(C)C(=S)S[C@H]1CCCC1=O. The van der Waals surface area contributed by atoms with Gasteiger partial charge in [0.25, 0.3) is 0 Å². The van der Waals surface area contributed by atoms with Gasteiger partial charge in [0.15, 0.2) is 0 Å². The first-order valence-corrected chi connectivity index (χ1v) is 5.30. The van der Waals surface area contributed by atoms with Crippen molar-refractivity contribution < 1.29 is 4.79 Å². The lowest BCUT2D eigenvalue weighted by Crippen LogP contribution is -2.21. The molecule has 1 aliphatic carbocycles. The summed E-state index contributed by atoms with van der Waals surface area (Å²) in [5, 5.41) is 0.139. The topological polar surface area (TPSA) is 20.3 Å². The fraction of sp³-hybridized carbons (Fsp3) is 0.750. The fourth-order valence-electron chi connectivity index (χ4n) is 1.14. The molecule has 0 amide bonds. The molecule has 1 fully saturated rings. The average Bonchev–Trinajstić information content (AvgIpc) is 2.36. The van der Waals surface area contributed by atoms with Crippen molar-refractivity contribution in [2.45, 2.75) is 24.5 Å². The molecule has 0 heterocycles. The monoisotopic (exact) mass is 203 g/mol. The summed E-state index contributed by atoms with van der Waals surface area (Å²) in [7, 11) is 3.82. The van der Waals surface area contributed by atoms with Gasteiger partial charge in [0.1, 0.15) is 10.1 Å². The van der Waals surface area contributed by atoms with E-state index >= 15 is 0 Å². The highest BCUT2D eigenvalue weighted by atomic mass is 32.2. The van der Waals surface area contributed by atoms with Gasteiger partial charge in [-0.25, -0.2) is 0 Å². The molecule has 0 spiro atoms. The Labute approximate surface area is 82.7 Å².